The quantitative estimate of drug-likeness (QED) is 0.912. The third-order valence-corrected chi connectivity index (χ3v) is 5.44. The maximum Gasteiger partial charge on any atom is 0.309 e. The zero-order valence-electron chi connectivity index (χ0n) is 13.0. The fourth-order valence-corrected chi connectivity index (χ4v) is 3.94. The zero-order valence-corrected chi connectivity index (χ0v) is 13.0. The highest BCUT2D eigenvalue weighted by molar-refractivity contribution is 5.77. The van der Waals surface area contributed by atoms with Crippen molar-refractivity contribution in [1.29, 1.82) is 0 Å². The van der Waals surface area contributed by atoms with Crippen LogP contribution in [0.2, 0.25) is 0 Å². The topological polar surface area (TPSA) is 40.5 Å². The van der Waals surface area contributed by atoms with E-state index in [1.165, 1.54) is 43.4 Å². The Labute approximate surface area is 127 Å². The second-order valence-electron chi connectivity index (χ2n) is 7.08. The predicted molar refractivity (Wildman–Crippen MR) is 84.8 cm³/mol. The Balaban J connectivity index is 1.94. The Kier molecular flexibility index (Phi) is 3.68. The number of aliphatic carboxylic acids is 1. The molecule has 21 heavy (non-hydrogen) atoms. The van der Waals surface area contributed by atoms with E-state index in [-0.39, 0.29) is 5.92 Å². The lowest BCUT2D eigenvalue weighted by atomic mass is 9.76. The number of anilines is 1. The van der Waals surface area contributed by atoms with Crippen LogP contribution in [-0.4, -0.2) is 23.7 Å². The number of rotatable bonds is 3. The maximum absolute atomic E-state index is 11.7. The summed E-state index contributed by atoms with van der Waals surface area (Å²) in [6.45, 7) is 4.58. The molecule has 1 fully saturated rings. The van der Waals surface area contributed by atoms with Crippen molar-refractivity contribution in [2.75, 3.05) is 11.4 Å². The average Bonchev–Trinajstić information content (AvgIpc) is 2.88. The van der Waals surface area contributed by atoms with Crippen molar-refractivity contribution in [1.82, 2.24) is 0 Å². The molecule has 1 saturated carbocycles. The molecular weight excluding hydrogens is 262 g/mol. The molecule has 0 spiro atoms. The molecule has 0 bridgehead atoms. The summed E-state index contributed by atoms with van der Waals surface area (Å²) in [5, 5.41) is 9.61. The minimum Gasteiger partial charge on any atom is -0.481 e. The lowest BCUT2D eigenvalue weighted by molar-refractivity contribution is -0.148. The molecule has 1 N–H and O–H groups in total. The van der Waals surface area contributed by atoms with Crippen LogP contribution in [0.15, 0.2) is 24.3 Å². The standard InChI is InChI=1S/C18H25NO2/c1-18(2,17(20)21)15-12-19(13-8-4-3-5-9-13)16-11-7-6-10-14(15)16/h6-7,10-11,13,15H,3-5,8-9,12H2,1-2H3,(H,20,21). The molecule has 3 heteroatoms. The van der Waals surface area contributed by atoms with Gasteiger partial charge in [0.05, 0.1) is 5.41 Å². The van der Waals surface area contributed by atoms with Crippen molar-refractivity contribution in [2.45, 2.75) is 57.9 Å². The van der Waals surface area contributed by atoms with Crippen LogP contribution in [0.1, 0.15) is 57.4 Å². The smallest absolute Gasteiger partial charge is 0.309 e. The molecule has 1 aliphatic heterocycles. The summed E-state index contributed by atoms with van der Waals surface area (Å²) in [4.78, 5) is 14.2. The molecule has 2 aliphatic rings. The Bertz CT molecular complexity index is 532. The minimum absolute atomic E-state index is 0.0770. The summed E-state index contributed by atoms with van der Waals surface area (Å²) in [5.41, 5.74) is 1.76. The van der Waals surface area contributed by atoms with E-state index in [4.69, 9.17) is 0 Å². The van der Waals surface area contributed by atoms with Gasteiger partial charge in [-0.15, -0.1) is 0 Å². The summed E-state index contributed by atoms with van der Waals surface area (Å²) in [6.07, 6.45) is 6.44. The van der Waals surface area contributed by atoms with Gasteiger partial charge in [-0.3, -0.25) is 4.79 Å². The average molecular weight is 287 g/mol. The van der Waals surface area contributed by atoms with Crippen molar-refractivity contribution in [2.24, 2.45) is 5.41 Å². The van der Waals surface area contributed by atoms with Crippen LogP contribution in [0.4, 0.5) is 5.69 Å². The molecule has 0 saturated heterocycles. The van der Waals surface area contributed by atoms with Gasteiger partial charge >= 0.3 is 5.97 Å². The first kappa shape index (κ1) is 14.4. The molecule has 1 unspecified atom stereocenters. The lowest BCUT2D eigenvalue weighted by Gasteiger charge is -2.35. The molecule has 3 rings (SSSR count). The molecule has 1 aromatic carbocycles. The number of carboxylic acids is 1. The number of benzene rings is 1. The van der Waals surface area contributed by atoms with E-state index in [9.17, 15) is 9.90 Å². The second-order valence-corrected chi connectivity index (χ2v) is 7.08. The van der Waals surface area contributed by atoms with Crippen molar-refractivity contribution in [3.8, 4) is 0 Å². The Morgan fingerprint density at radius 1 is 1.19 bits per heavy atom. The van der Waals surface area contributed by atoms with Gasteiger partial charge in [0, 0.05) is 24.2 Å². The SMILES string of the molecule is CC(C)(C(=O)O)C1CN(C2CCCCC2)c2ccccc21. The van der Waals surface area contributed by atoms with E-state index in [1.807, 2.05) is 19.9 Å². The van der Waals surface area contributed by atoms with Gasteiger partial charge in [0.15, 0.2) is 0 Å². The van der Waals surface area contributed by atoms with E-state index >= 15 is 0 Å². The largest absolute Gasteiger partial charge is 0.481 e. The van der Waals surface area contributed by atoms with Gasteiger partial charge in [-0.05, 0) is 38.3 Å². The fraction of sp³-hybridized carbons (Fsp3) is 0.611. The van der Waals surface area contributed by atoms with Gasteiger partial charge in [-0.1, -0.05) is 37.5 Å². The van der Waals surface area contributed by atoms with Crippen LogP contribution in [0.25, 0.3) is 0 Å². The van der Waals surface area contributed by atoms with E-state index in [0.717, 1.165) is 6.54 Å². The molecular formula is C18H25NO2. The monoisotopic (exact) mass is 287 g/mol. The predicted octanol–water partition coefficient (Wildman–Crippen LogP) is 4.03. The van der Waals surface area contributed by atoms with Crippen LogP contribution < -0.4 is 4.90 Å². The summed E-state index contributed by atoms with van der Waals surface area (Å²) < 4.78 is 0. The molecule has 0 aromatic heterocycles. The number of hydrogen-bond donors (Lipinski definition) is 1. The van der Waals surface area contributed by atoms with Crippen LogP contribution >= 0.6 is 0 Å². The Morgan fingerprint density at radius 2 is 1.86 bits per heavy atom. The number of fused-ring (bicyclic) bond motifs is 1. The number of carboxylic acid groups (broad SMARTS) is 1. The molecule has 1 atom stereocenters. The number of para-hydroxylation sites is 1. The van der Waals surface area contributed by atoms with Gasteiger partial charge < -0.3 is 10.0 Å². The van der Waals surface area contributed by atoms with E-state index in [1.54, 1.807) is 0 Å². The molecule has 1 aliphatic carbocycles. The first-order valence-corrected chi connectivity index (χ1v) is 8.11. The molecule has 0 radical (unpaired) electrons. The van der Waals surface area contributed by atoms with E-state index in [2.05, 4.69) is 23.1 Å². The number of hydrogen-bond acceptors (Lipinski definition) is 2. The third kappa shape index (κ3) is 2.43. The highest BCUT2D eigenvalue weighted by Crippen LogP contribution is 2.47. The second kappa shape index (κ2) is 5.36. The van der Waals surface area contributed by atoms with Gasteiger partial charge in [-0.2, -0.15) is 0 Å². The lowest BCUT2D eigenvalue weighted by Crippen LogP contribution is -2.39. The zero-order chi connectivity index (χ0) is 15.0. The van der Waals surface area contributed by atoms with Crippen molar-refractivity contribution in [3.63, 3.8) is 0 Å². The number of carbonyl (C=O) groups is 1. The summed E-state index contributed by atoms with van der Waals surface area (Å²) in [7, 11) is 0. The van der Waals surface area contributed by atoms with Crippen molar-refractivity contribution >= 4 is 11.7 Å². The minimum atomic E-state index is -0.723. The van der Waals surface area contributed by atoms with Crippen LogP contribution in [-0.2, 0) is 4.79 Å². The maximum atomic E-state index is 11.7. The Hall–Kier alpha value is -1.51. The number of nitrogens with zero attached hydrogens (tertiary/aromatic N) is 1. The van der Waals surface area contributed by atoms with Crippen molar-refractivity contribution < 1.29 is 9.90 Å². The first-order valence-electron chi connectivity index (χ1n) is 8.11. The highest BCUT2D eigenvalue weighted by atomic mass is 16.4. The summed E-state index contributed by atoms with van der Waals surface area (Å²) in [6, 6.07) is 8.99. The van der Waals surface area contributed by atoms with Gasteiger partial charge in [0.25, 0.3) is 0 Å². The van der Waals surface area contributed by atoms with E-state index in [0.29, 0.717) is 6.04 Å². The summed E-state index contributed by atoms with van der Waals surface area (Å²) >= 11 is 0. The normalized spacial score (nSPS) is 23.1. The van der Waals surface area contributed by atoms with Crippen LogP contribution in [0.5, 0.6) is 0 Å². The first-order chi connectivity index (χ1) is 10.0. The highest BCUT2D eigenvalue weighted by Gasteiger charge is 2.44. The van der Waals surface area contributed by atoms with Crippen LogP contribution in [0, 0.1) is 5.41 Å². The van der Waals surface area contributed by atoms with E-state index < -0.39 is 11.4 Å². The van der Waals surface area contributed by atoms with Gasteiger partial charge in [-0.25, -0.2) is 0 Å². The van der Waals surface area contributed by atoms with Gasteiger partial charge in [0.1, 0.15) is 0 Å². The summed E-state index contributed by atoms with van der Waals surface area (Å²) in [5.74, 6) is -0.624. The van der Waals surface area contributed by atoms with Crippen molar-refractivity contribution in [3.05, 3.63) is 29.8 Å². The Morgan fingerprint density at radius 3 is 2.52 bits per heavy atom. The third-order valence-electron chi connectivity index (χ3n) is 5.44. The molecule has 114 valence electrons. The van der Waals surface area contributed by atoms with Gasteiger partial charge in [0.2, 0.25) is 0 Å². The molecule has 3 nitrogen and oxygen atoms in total. The molecule has 1 aromatic rings. The molecule has 0 amide bonds. The fourth-order valence-electron chi connectivity index (χ4n) is 3.94. The molecule has 1 heterocycles. The van der Waals surface area contributed by atoms with Crippen LogP contribution in [0.3, 0.4) is 0 Å².